The zero-order valence-corrected chi connectivity index (χ0v) is 8.39. The maximum atomic E-state index is 7.12. The van der Waals surface area contributed by atoms with Crippen LogP contribution in [-0.2, 0) is 0 Å². The molecule has 1 rings (SSSR count). The van der Waals surface area contributed by atoms with Crippen molar-refractivity contribution >= 4 is 33.0 Å². The van der Waals surface area contributed by atoms with Crippen LogP contribution in [0.4, 0.5) is 0 Å². The van der Waals surface area contributed by atoms with Gasteiger partial charge in [-0.25, -0.2) is 0 Å². The van der Waals surface area contributed by atoms with E-state index in [1.165, 1.54) is 6.21 Å². The van der Waals surface area contributed by atoms with E-state index in [0.717, 1.165) is 0 Å². The fraction of sp³-hybridized carbons (Fsp3) is 0.429. The molecule has 4 heteroatoms. The van der Waals surface area contributed by atoms with Crippen LogP contribution in [0.3, 0.4) is 0 Å². The van der Waals surface area contributed by atoms with Crippen LogP contribution in [0, 0.1) is 11.3 Å². The standard InChI is InChI=1S/C7H10IN3/c1-11-3-2-6(4-9)7(11)10-5-8/h2-7,9H,1H3/b9-4?,10-5-. The highest BCUT2D eigenvalue weighted by molar-refractivity contribution is 14.1. The van der Waals surface area contributed by atoms with Gasteiger partial charge in [-0.2, -0.15) is 0 Å². The highest BCUT2D eigenvalue weighted by Crippen LogP contribution is 2.18. The molecule has 0 bridgehead atoms. The van der Waals surface area contributed by atoms with E-state index in [0.29, 0.717) is 0 Å². The average Bonchev–Trinajstić information content (AvgIpc) is 2.34. The summed E-state index contributed by atoms with van der Waals surface area (Å²) >= 11 is 2.09. The second kappa shape index (κ2) is 3.85. The molecule has 11 heavy (non-hydrogen) atoms. The second-order valence-corrected chi connectivity index (χ2v) is 2.97. The van der Waals surface area contributed by atoms with E-state index in [4.69, 9.17) is 5.41 Å². The molecule has 0 saturated carbocycles. The van der Waals surface area contributed by atoms with E-state index in [1.54, 1.807) is 4.22 Å². The summed E-state index contributed by atoms with van der Waals surface area (Å²) in [5.74, 6) is 0.144. The molecule has 0 fully saturated rings. The molecule has 1 aliphatic rings. The Hall–Kier alpha value is -0.390. The van der Waals surface area contributed by atoms with Gasteiger partial charge in [-0.05, 0) is 28.8 Å². The molecule has 0 aliphatic carbocycles. The van der Waals surface area contributed by atoms with Crippen LogP contribution < -0.4 is 0 Å². The van der Waals surface area contributed by atoms with Crippen molar-refractivity contribution in [2.75, 3.05) is 7.05 Å². The van der Waals surface area contributed by atoms with Gasteiger partial charge in [-0.3, -0.25) is 4.99 Å². The van der Waals surface area contributed by atoms with Gasteiger partial charge < -0.3 is 10.3 Å². The summed E-state index contributed by atoms with van der Waals surface area (Å²) in [4.78, 5) is 6.24. The Labute approximate surface area is 79.8 Å². The van der Waals surface area contributed by atoms with Gasteiger partial charge >= 0.3 is 0 Å². The normalized spacial score (nSPS) is 30.2. The van der Waals surface area contributed by atoms with Crippen LogP contribution in [-0.4, -0.2) is 28.5 Å². The third-order valence-electron chi connectivity index (χ3n) is 1.71. The van der Waals surface area contributed by atoms with E-state index in [1.807, 2.05) is 24.2 Å². The Morgan fingerprint density at radius 3 is 3.00 bits per heavy atom. The monoisotopic (exact) mass is 263 g/mol. The minimum Gasteiger partial charge on any atom is -0.359 e. The first-order valence-electron chi connectivity index (χ1n) is 3.32. The minimum absolute atomic E-state index is 0.101. The highest BCUT2D eigenvalue weighted by atomic mass is 127. The van der Waals surface area contributed by atoms with Crippen LogP contribution in [0.25, 0.3) is 0 Å². The molecule has 0 spiro atoms. The summed E-state index contributed by atoms with van der Waals surface area (Å²) in [5.41, 5.74) is 0. The lowest BCUT2D eigenvalue weighted by molar-refractivity contribution is 0.347. The summed E-state index contributed by atoms with van der Waals surface area (Å²) in [6.45, 7) is 0. The number of aliphatic imine (C=N–C) groups is 1. The van der Waals surface area contributed by atoms with E-state index >= 15 is 0 Å². The van der Waals surface area contributed by atoms with Gasteiger partial charge in [0.25, 0.3) is 0 Å². The summed E-state index contributed by atoms with van der Waals surface area (Å²) in [5, 5.41) is 7.12. The Morgan fingerprint density at radius 2 is 2.45 bits per heavy atom. The summed E-state index contributed by atoms with van der Waals surface area (Å²) in [6, 6.07) is 0. The molecule has 60 valence electrons. The van der Waals surface area contributed by atoms with Gasteiger partial charge in [0.15, 0.2) is 0 Å². The molecular weight excluding hydrogens is 253 g/mol. The summed E-state index contributed by atoms with van der Waals surface area (Å²) in [7, 11) is 1.97. The molecule has 1 aliphatic heterocycles. The maximum absolute atomic E-state index is 7.12. The molecule has 1 N–H and O–H groups in total. The first-order chi connectivity index (χ1) is 5.29. The number of hydrogen-bond donors (Lipinski definition) is 1. The number of rotatable bonds is 2. The molecule has 0 aromatic carbocycles. The molecule has 0 saturated heterocycles. The predicted octanol–water partition coefficient (Wildman–Crippen LogP) is 1.50. The van der Waals surface area contributed by atoms with Crippen LogP contribution >= 0.6 is 22.6 Å². The van der Waals surface area contributed by atoms with Crippen molar-refractivity contribution in [1.82, 2.24) is 4.90 Å². The van der Waals surface area contributed by atoms with Crippen molar-refractivity contribution in [3.8, 4) is 0 Å². The Kier molecular flexibility index (Phi) is 3.04. The summed E-state index contributed by atoms with van der Waals surface area (Å²) in [6.07, 6.45) is 5.48. The Bertz CT molecular complexity index is 200. The lowest BCUT2D eigenvalue weighted by Gasteiger charge is -2.19. The molecule has 3 nitrogen and oxygen atoms in total. The fourth-order valence-corrected chi connectivity index (χ4v) is 1.43. The summed E-state index contributed by atoms with van der Waals surface area (Å²) < 4.78 is 1.75. The van der Waals surface area contributed by atoms with Crippen molar-refractivity contribution in [2.45, 2.75) is 6.17 Å². The van der Waals surface area contributed by atoms with Crippen molar-refractivity contribution in [2.24, 2.45) is 10.9 Å². The largest absolute Gasteiger partial charge is 0.359 e. The van der Waals surface area contributed by atoms with Crippen LogP contribution in [0.15, 0.2) is 17.3 Å². The molecule has 0 amide bonds. The van der Waals surface area contributed by atoms with E-state index in [2.05, 4.69) is 27.6 Å². The molecule has 0 aromatic rings. The number of hydrogen-bond acceptors (Lipinski definition) is 3. The van der Waals surface area contributed by atoms with Gasteiger partial charge in [0.2, 0.25) is 0 Å². The van der Waals surface area contributed by atoms with Gasteiger partial charge in [0.1, 0.15) is 6.17 Å². The minimum atomic E-state index is 0.101. The van der Waals surface area contributed by atoms with Gasteiger partial charge in [0, 0.05) is 13.3 Å². The zero-order chi connectivity index (χ0) is 8.27. The fourth-order valence-electron chi connectivity index (χ4n) is 1.10. The number of nitrogens with one attached hydrogen (secondary N) is 1. The third-order valence-corrected chi connectivity index (χ3v) is 2.03. The van der Waals surface area contributed by atoms with E-state index in [9.17, 15) is 0 Å². The molecule has 0 aromatic heterocycles. The second-order valence-electron chi connectivity index (χ2n) is 2.41. The molecule has 2 atom stereocenters. The Morgan fingerprint density at radius 1 is 1.73 bits per heavy atom. The topological polar surface area (TPSA) is 39.5 Å². The lowest BCUT2D eigenvalue weighted by atomic mass is 10.1. The molecule has 1 heterocycles. The number of halogens is 1. The first kappa shape index (κ1) is 8.70. The van der Waals surface area contributed by atoms with Crippen LogP contribution in [0.2, 0.25) is 0 Å². The van der Waals surface area contributed by atoms with Gasteiger partial charge in [-0.1, -0.05) is 6.08 Å². The highest BCUT2D eigenvalue weighted by Gasteiger charge is 2.23. The van der Waals surface area contributed by atoms with Gasteiger partial charge in [-0.15, -0.1) is 0 Å². The van der Waals surface area contributed by atoms with Crippen molar-refractivity contribution < 1.29 is 0 Å². The molecular formula is C7H10IN3. The zero-order valence-electron chi connectivity index (χ0n) is 6.24. The third kappa shape index (κ3) is 1.79. The predicted molar refractivity (Wildman–Crippen MR) is 55.5 cm³/mol. The van der Waals surface area contributed by atoms with Crippen molar-refractivity contribution in [3.63, 3.8) is 0 Å². The van der Waals surface area contributed by atoms with Gasteiger partial charge in [0.05, 0.1) is 10.1 Å². The van der Waals surface area contributed by atoms with E-state index in [-0.39, 0.29) is 12.1 Å². The Balaban J connectivity index is 2.68. The van der Waals surface area contributed by atoms with Crippen molar-refractivity contribution in [1.29, 1.82) is 5.41 Å². The SMILES string of the molecule is CN1C=CC(C=N)C1/N=C\I. The molecule has 0 radical (unpaired) electrons. The number of nitrogens with zero attached hydrogens (tertiary/aromatic N) is 2. The van der Waals surface area contributed by atoms with E-state index < -0.39 is 0 Å². The van der Waals surface area contributed by atoms with Crippen LogP contribution in [0.1, 0.15) is 0 Å². The smallest absolute Gasteiger partial charge is 0.132 e. The lowest BCUT2D eigenvalue weighted by Crippen LogP contribution is -2.27. The van der Waals surface area contributed by atoms with Crippen LogP contribution in [0.5, 0.6) is 0 Å². The maximum Gasteiger partial charge on any atom is 0.132 e. The molecule has 2 unspecified atom stereocenters. The van der Waals surface area contributed by atoms with Crippen molar-refractivity contribution in [3.05, 3.63) is 12.3 Å². The quantitative estimate of drug-likeness (QED) is 0.595. The average molecular weight is 263 g/mol. The first-order valence-corrected chi connectivity index (χ1v) is 4.57.